The molecule has 1 aliphatic heterocycles. The molecule has 0 spiro atoms. The third-order valence-electron chi connectivity index (χ3n) is 5.27. The van der Waals surface area contributed by atoms with Gasteiger partial charge in [-0.25, -0.2) is 9.69 Å². The van der Waals surface area contributed by atoms with E-state index in [1.807, 2.05) is 6.92 Å². The predicted molar refractivity (Wildman–Crippen MR) is 124 cm³/mol. The molecular formula is C25H17Cl2NO5. The summed E-state index contributed by atoms with van der Waals surface area (Å²) < 4.78 is 5.31. The fourth-order valence-electron chi connectivity index (χ4n) is 3.46. The van der Waals surface area contributed by atoms with Crippen LogP contribution in [0.15, 0.2) is 60.7 Å². The van der Waals surface area contributed by atoms with Gasteiger partial charge in [-0.15, -0.1) is 0 Å². The monoisotopic (exact) mass is 481 g/mol. The molecule has 2 amide bonds. The van der Waals surface area contributed by atoms with Crippen LogP contribution in [0.4, 0.5) is 5.69 Å². The molecular weight excluding hydrogens is 465 g/mol. The summed E-state index contributed by atoms with van der Waals surface area (Å²) in [6, 6.07) is 15.4. The molecule has 0 aliphatic carbocycles. The van der Waals surface area contributed by atoms with Crippen LogP contribution in [-0.2, 0) is 4.74 Å². The smallest absolute Gasteiger partial charge is 0.338 e. The van der Waals surface area contributed by atoms with Gasteiger partial charge in [0.2, 0.25) is 5.78 Å². The van der Waals surface area contributed by atoms with Gasteiger partial charge in [-0.1, -0.05) is 53.0 Å². The number of amides is 2. The number of hydrogen-bond acceptors (Lipinski definition) is 5. The van der Waals surface area contributed by atoms with Crippen LogP contribution >= 0.6 is 23.2 Å². The van der Waals surface area contributed by atoms with E-state index in [-0.39, 0.29) is 38.2 Å². The number of ketones is 1. The standard InChI is InChI=1S/C25H17Cl2NO5/c1-13-3-5-15(6-4-13)22(29)14(2)33-25(32)16-7-9-18-19(11-16)24(31)28(23(18)30)17-8-10-20(26)21(27)12-17/h3-12,14H,1-2H3/t14-/m1/s1. The van der Waals surface area contributed by atoms with Gasteiger partial charge in [0.15, 0.2) is 6.10 Å². The summed E-state index contributed by atoms with van der Waals surface area (Å²) >= 11 is 11.9. The Morgan fingerprint density at radius 3 is 2.12 bits per heavy atom. The lowest BCUT2D eigenvalue weighted by Crippen LogP contribution is -2.29. The average Bonchev–Trinajstić information content (AvgIpc) is 3.05. The number of carbonyl (C=O) groups is 4. The Morgan fingerprint density at radius 1 is 0.818 bits per heavy atom. The lowest BCUT2D eigenvalue weighted by molar-refractivity contribution is 0.0318. The third-order valence-corrected chi connectivity index (χ3v) is 6.01. The van der Waals surface area contributed by atoms with E-state index in [2.05, 4.69) is 0 Å². The number of Topliss-reactive ketones (excluding diaryl/α,β-unsaturated/α-hetero) is 1. The van der Waals surface area contributed by atoms with Crippen LogP contribution < -0.4 is 4.90 Å². The number of halogens is 2. The molecule has 1 atom stereocenters. The second kappa shape index (κ2) is 8.81. The van der Waals surface area contributed by atoms with Crippen molar-refractivity contribution >= 4 is 52.5 Å². The molecule has 1 aliphatic rings. The van der Waals surface area contributed by atoms with Crippen LogP contribution in [0.3, 0.4) is 0 Å². The van der Waals surface area contributed by atoms with E-state index in [0.29, 0.717) is 5.56 Å². The molecule has 3 aromatic rings. The first-order chi connectivity index (χ1) is 15.7. The quantitative estimate of drug-likeness (QED) is 0.271. The van der Waals surface area contributed by atoms with Crippen LogP contribution in [0, 0.1) is 6.92 Å². The molecule has 166 valence electrons. The van der Waals surface area contributed by atoms with Crippen LogP contribution in [0.2, 0.25) is 10.0 Å². The van der Waals surface area contributed by atoms with E-state index in [0.717, 1.165) is 10.5 Å². The molecule has 1 heterocycles. The second-order valence-electron chi connectivity index (χ2n) is 7.58. The first-order valence-electron chi connectivity index (χ1n) is 9.97. The van der Waals surface area contributed by atoms with E-state index in [1.165, 1.54) is 43.3 Å². The number of imide groups is 1. The minimum atomic E-state index is -1.03. The SMILES string of the molecule is Cc1ccc(C(=O)[C@@H](C)OC(=O)c2ccc3c(c2)C(=O)N(c2ccc(Cl)c(Cl)c2)C3=O)cc1. The lowest BCUT2D eigenvalue weighted by Gasteiger charge is -2.14. The minimum Gasteiger partial charge on any atom is -0.451 e. The summed E-state index contributed by atoms with van der Waals surface area (Å²) in [5.41, 5.74) is 1.94. The number of anilines is 1. The van der Waals surface area contributed by atoms with Crippen molar-refractivity contribution in [3.8, 4) is 0 Å². The van der Waals surface area contributed by atoms with Crippen molar-refractivity contribution in [2.24, 2.45) is 0 Å². The van der Waals surface area contributed by atoms with Crippen LogP contribution in [0.1, 0.15) is 53.9 Å². The van der Waals surface area contributed by atoms with Crippen molar-refractivity contribution in [2.75, 3.05) is 4.90 Å². The fourth-order valence-corrected chi connectivity index (χ4v) is 3.75. The summed E-state index contributed by atoms with van der Waals surface area (Å²) in [6.45, 7) is 3.38. The van der Waals surface area contributed by atoms with Crippen molar-refractivity contribution < 1.29 is 23.9 Å². The van der Waals surface area contributed by atoms with Gasteiger partial charge in [0.1, 0.15) is 0 Å². The number of nitrogens with zero attached hydrogens (tertiary/aromatic N) is 1. The highest BCUT2D eigenvalue weighted by molar-refractivity contribution is 6.42. The Labute approximate surface area is 199 Å². The van der Waals surface area contributed by atoms with Crippen molar-refractivity contribution in [3.63, 3.8) is 0 Å². The minimum absolute atomic E-state index is 0.0504. The second-order valence-corrected chi connectivity index (χ2v) is 8.40. The van der Waals surface area contributed by atoms with E-state index in [9.17, 15) is 19.2 Å². The van der Waals surface area contributed by atoms with Gasteiger partial charge < -0.3 is 4.74 Å². The molecule has 4 rings (SSSR count). The lowest BCUT2D eigenvalue weighted by atomic mass is 10.0. The summed E-state index contributed by atoms with van der Waals surface area (Å²) in [5, 5.41) is 0.485. The average molecular weight is 482 g/mol. The van der Waals surface area contributed by atoms with Crippen molar-refractivity contribution in [1.29, 1.82) is 0 Å². The van der Waals surface area contributed by atoms with Gasteiger partial charge in [-0.3, -0.25) is 14.4 Å². The molecule has 0 unspecified atom stereocenters. The zero-order chi connectivity index (χ0) is 23.9. The molecule has 0 radical (unpaired) electrons. The number of esters is 1. The molecule has 0 saturated heterocycles. The molecule has 0 fully saturated rings. The number of fused-ring (bicyclic) bond motifs is 1. The maximum absolute atomic E-state index is 12.9. The van der Waals surface area contributed by atoms with E-state index in [4.69, 9.17) is 27.9 Å². The summed E-state index contributed by atoms with van der Waals surface area (Å²) in [5.74, 6) is -2.27. The highest BCUT2D eigenvalue weighted by Crippen LogP contribution is 2.33. The Kier molecular flexibility index (Phi) is 6.06. The summed E-state index contributed by atoms with van der Waals surface area (Å²) in [6.07, 6.45) is -1.03. The van der Waals surface area contributed by atoms with Crippen molar-refractivity contribution in [3.05, 3.63) is 98.5 Å². The van der Waals surface area contributed by atoms with Gasteiger partial charge in [-0.05, 0) is 50.2 Å². The van der Waals surface area contributed by atoms with Gasteiger partial charge in [0, 0.05) is 5.56 Å². The number of aryl methyl sites for hydroxylation is 1. The number of hydrogen-bond donors (Lipinski definition) is 0. The zero-order valence-electron chi connectivity index (χ0n) is 17.6. The number of ether oxygens (including phenoxy) is 1. The molecule has 0 N–H and O–H groups in total. The van der Waals surface area contributed by atoms with E-state index < -0.39 is 23.9 Å². The van der Waals surface area contributed by atoms with Crippen molar-refractivity contribution in [2.45, 2.75) is 20.0 Å². The molecule has 0 bridgehead atoms. The highest BCUT2D eigenvalue weighted by atomic mass is 35.5. The van der Waals surface area contributed by atoms with Gasteiger partial charge >= 0.3 is 5.97 Å². The Hall–Kier alpha value is -3.48. The normalized spacial score (nSPS) is 13.6. The maximum Gasteiger partial charge on any atom is 0.338 e. The molecule has 8 heteroatoms. The third kappa shape index (κ3) is 4.27. The Morgan fingerprint density at radius 2 is 1.45 bits per heavy atom. The summed E-state index contributed by atoms with van der Waals surface area (Å²) in [7, 11) is 0. The summed E-state index contributed by atoms with van der Waals surface area (Å²) in [4.78, 5) is 51.9. The van der Waals surface area contributed by atoms with E-state index >= 15 is 0 Å². The first kappa shape index (κ1) is 22.7. The van der Waals surface area contributed by atoms with Crippen molar-refractivity contribution in [1.82, 2.24) is 0 Å². The molecule has 0 saturated carbocycles. The topological polar surface area (TPSA) is 80.8 Å². The largest absolute Gasteiger partial charge is 0.451 e. The van der Waals surface area contributed by atoms with Crippen LogP contribution in [-0.4, -0.2) is 29.7 Å². The van der Waals surface area contributed by atoms with E-state index in [1.54, 1.807) is 24.3 Å². The van der Waals surface area contributed by atoms with Gasteiger partial charge in [0.25, 0.3) is 11.8 Å². The van der Waals surface area contributed by atoms with Gasteiger partial charge in [0.05, 0.1) is 32.4 Å². The Bertz CT molecular complexity index is 1320. The number of rotatable bonds is 5. The maximum atomic E-state index is 12.9. The zero-order valence-corrected chi connectivity index (χ0v) is 19.1. The molecule has 33 heavy (non-hydrogen) atoms. The number of benzene rings is 3. The highest BCUT2D eigenvalue weighted by Gasteiger charge is 2.37. The predicted octanol–water partition coefficient (Wildman–Crippen LogP) is 5.53. The first-order valence-corrected chi connectivity index (χ1v) is 10.7. The molecule has 6 nitrogen and oxygen atoms in total. The molecule has 0 aromatic heterocycles. The van der Waals surface area contributed by atoms with Crippen LogP contribution in [0.5, 0.6) is 0 Å². The number of carbonyl (C=O) groups excluding carboxylic acids is 4. The van der Waals surface area contributed by atoms with Gasteiger partial charge in [-0.2, -0.15) is 0 Å². The Balaban J connectivity index is 1.55. The van der Waals surface area contributed by atoms with Crippen LogP contribution in [0.25, 0.3) is 0 Å². The fraction of sp³-hybridized carbons (Fsp3) is 0.120. The molecule has 3 aromatic carbocycles.